The highest BCUT2D eigenvalue weighted by molar-refractivity contribution is 6.49. The van der Waals surface area contributed by atoms with E-state index in [2.05, 4.69) is 25.4 Å². The van der Waals surface area contributed by atoms with Gasteiger partial charge >= 0.3 is 0 Å². The SMILES string of the molecule is COc1ccc(C2=NOC(C)(C)C2=O)cc1C1CN=C(NC(=O)C2C(F)=CN=CC2F)C=N1. The third kappa shape index (κ3) is 4.30. The van der Waals surface area contributed by atoms with Gasteiger partial charge in [0.2, 0.25) is 11.7 Å². The number of amidine groups is 1. The van der Waals surface area contributed by atoms with Crippen molar-refractivity contribution in [3.63, 3.8) is 0 Å². The Bertz CT molecular complexity index is 1160. The number of hydrogen-bond acceptors (Lipinski definition) is 8. The molecule has 0 aliphatic carbocycles. The fourth-order valence-electron chi connectivity index (χ4n) is 3.53. The fourth-order valence-corrected chi connectivity index (χ4v) is 3.53. The van der Waals surface area contributed by atoms with E-state index in [4.69, 9.17) is 9.57 Å². The molecule has 1 N–H and O–H groups in total. The Morgan fingerprint density at radius 1 is 1.33 bits per heavy atom. The van der Waals surface area contributed by atoms with Crippen LogP contribution < -0.4 is 10.1 Å². The average molecular weight is 457 g/mol. The van der Waals surface area contributed by atoms with Gasteiger partial charge in [-0.3, -0.25) is 24.6 Å². The number of hydrogen-bond donors (Lipinski definition) is 1. The Morgan fingerprint density at radius 3 is 2.73 bits per heavy atom. The molecule has 4 rings (SSSR count). The van der Waals surface area contributed by atoms with Crippen molar-refractivity contribution in [3.05, 3.63) is 41.4 Å². The molecule has 9 nitrogen and oxygen atoms in total. The predicted octanol–water partition coefficient (Wildman–Crippen LogP) is 2.27. The number of aliphatic imine (C=N–C) groups is 3. The number of alkyl halides is 1. The molecule has 0 saturated carbocycles. The molecule has 0 spiro atoms. The van der Waals surface area contributed by atoms with Gasteiger partial charge in [0.25, 0.3) is 0 Å². The summed E-state index contributed by atoms with van der Waals surface area (Å²) in [6.45, 7) is 3.41. The van der Waals surface area contributed by atoms with Crippen molar-refractivity contribution < 1.29 is 27.9 Å². The number of oxime groups is 1. The maximum atomic E-state index is 13.9. The second kappa shape index (κ2) is 8.64. The average Bonchev–Trinajstić information content (AvgIpc) is 3.06. The second-order valence-corrected chi connectivity index (χ2v) is 8.07. The number of benzene rings is 1. The van der Waals surface area contributed by atoms with Crippen molar-refractivity contribution in [2.45, 2.75) is 31.7 Å². The molecule has 3 heterocycles. The van der Waals surface area contributed by atoms with Crippen molar-refractivity contribution in [3.8, 4) is 5.75 Å². The number of nitrogens with one attached hydrogen (secondary N) is 1. The van der Waals surface area contributed by atoms with Gasteiger partial charge in [-0.15, -0.1) is 0 Å². The van der Waals surface area contributed by atoms with E-state index in [0.717, 1.165) is 12.4 Å². The van der Waals surface area contributed by atoms with Crippen LogP contribution in [0.5, 0.6) is 5.75 Å². The lowest BCUT2D eigenvalue weighted by atomic mass is 9.93. The van der Waals surface area contributed by atoms with Gasteiger partial charge in [-0.2, -0.15) is 0 Å². The zero-order valence-electron chi connectivity index (χ0n) is 18.1. The second-order valence-electron chi connectivity index (χ2n) is 8.07. The van der Waals surface area contributed by atoms with Gasteiger partial charge < -0.3 is 14.9 Å². The zero-order valence-corrected chi connectivity index (χ0v) is 18.1. The maximum Gasteiger partial charge on any atom is 0.238 e. The van der Waals surface area contributed by atoms with Crippen LogP contribution in [-0.2, 0) is 14.4 Å². The lowest BCUT2D eigenvalue weighted by molar-refractivity contribution is -0.128. The van der Waals surface area contributed by atoms with E-state index in [1.54, 1.807) is 32.0 Å². The van der Waals surface area contributed by atoms with Crippen molar-refractivity contribution in [1.29, 1.82) is 0 Å². The summed E-state index contributed by atoms with van der Waals surface area (Å²) in [5.41, 5.74) is 0.372. The minimum atomic E-state index is -1.87. The summed E-state index contributed by atoms with van der Waals surface area (Å²) in [6, 6.07) is 4.66. The largest absolute Gasteiger partial charge is 0.496 e. The molecule has 0 radical (unpaired) electrons. The minimum Gasteiger partial charge on any atom is -0.496 e. The molecule has 0 bridgehead atoms. The summed E-state index contributed by atoms with van der Waals surface area (Å²) >= 11 is 0. The molecule has 3 atom stereocenters. The quantitative estimate of drug-likeness (QED) is 0.747. The van der Waals surface area contributed by atoms with Crippen LogP contribution in [0.3, 0.4) is 0 Å². The number of methoxy groups -OCH3 is 1. The van der Waals surface area contributed by atoms with Crippen LogP contribution in [0, 0.1) is 5.92 Å². The number of carbonyl (C=O) groups excluding carboxylic acids is 2. The Kier molecular flexibility index (Phi) is 5.88. The normalized spacial score (nSPS) is 25.7. The number of ketones is 1. The van der Waals surface area contributed by atoms with Gasteiger partial charge in [0.1, 0.15) is 23.3 Å². The molecule has 1 amide bonds. The van der Waals surface area contributed by atoms with Gasteiger partial charge in [0.15, 0.2) is 17.5 Å². The molecule has 1 aromatic rings. The predicted molar refractivity (Wildman–Crippen MR) is 117 cm³/mol. The topological polar surface area (TPSA) is 114 Å². The van der Waals surface area contributed by atoms with Crippen LogP contribution in [0.1, 0.15) is 31.0 Å². The van der Waals surface area contributed by atoms with Crippen molar-refractivity contribution in [1.82, 2.24) is 5.32 Å². The van der Waals surface area contributed by atoms with E-state index in [1.165, 1.54) is 13.3 Å². The summed E-state index contributed by atoms with van der Waals surface area (Å²) in [7, 11) is 1.51. The minimum absolute atomic E-state index is 0.0828. The maximum absolute atomic E-state index is 13.9. The van der Waals surface area contributed by atoms with Crippen LogP contribution in [0.15, 0.2) is 50.4 Å². The Hall–Kier alpha value is -3.76. The first-order chi connectivity index (χ1) is 15.7. The third-order valence-corrected chi connectivity index (χ3v) is 5.38. The molecule has 33 heavy (non-hydrogen) atoms. The fraction of sp³-hybridized carbons (Fsp3) is 0.364. The third-order valence-electron chi connectivity index (χ3n) is 5.38. The number of ether oxygens (including phenoxy) is 1. The Morgan fingerprint density at radius 2 is 2.12 bits per heavy atom. The monoisotopic (exact) mass is 457 g/mol. The number of Topliss-reactive ketones (excluding diaryl/α,β-unsaturated/α-hetero) is 1. The molecule has 3 aliphatic rings. The van der Waals surface area contributed by atoms with Crippen molar-refractivity contribution in [2.75, 3.05) is 13.7 Å². The molecule has 11 heteroatoms. The standard InChI is InChI=1S/C22H21F2N5O4/c1-22(2)20(30)19(29-33-22)11-4-5-16(32-3)12(6-11)15-9-27-17(10-26-15)28-21(31)18-13(23)7-25-8-14(18)24/h4-8,10,13,15,18H,9H2,1-3H3,(H,27,28,31). The number of nitrogens with zero attached hydrogens (tertiary/aromatic N) is 4. The summed E-state index contributed by atoms with van der Waals surface area (Å²) in [5, 5.41) is 6.31. The highest BCUT2D eigenvalue weighted by Gasteiger charge is 2.40. The summed E-state index contributed by atoms with van der Waals surface area (Å²) in [4.78, 5) is 42.2. The molecular weight excluding hydrogens is 436 g/mol. The number of halogens is 2. The van der Waals surface area contributed by atoms with Crippen LogP contribution in [0.25, 0.3) is 0 Å². The van der Waals surface area contributed by atoms with Gasteiger partial charge in [0, 0.05) is 17.3 Å². The highest BCUT2D eigenvalue weighted by atomic mass is 19.1. The summed E-state index contributed by atoms with van der Waals surface area (Å²) in [5.74, 6) is -3.10. The van der Waals surface area contributed by atoms with Gasteiger partial charge in [0.05, 0.1) is 32.1 Å². The summed E-state index contributed by atoms with van der Waals surface area (Å²) in [6.07, 6.45) is 1.11. The molecule has 0 fully saturated rings. The first kappa shape index (κ1) is 22.4. The molecule has 0 saturated heterocycles. The Labute approximate surface area is 188 Å². The zero-order chi connectivity index (χ0) is 23.8. The number of rotatable bonds is 4. The lowest BCUT2D eigenvalue weighted by Crippen LogP contribution is -2.42. The molecule has 172 valence electrons. The van der Waals surface area contributed by atoms with E-state index >= 15 is 0 Å². The van der Waals surface area contributed by atoms with Crippen LogP contribution in [0.2, 0.25) is 0 Å². The van der Waals surface area contributed by atoms with Crippen molar-refractivity contribution >= 4 is 35.7 Å². The first-order valence-electron chi connectivity index (χ1n) is 10.1. The smallest absolute Gasteiger partial charge is 0.238 e. The number of amides is 1. The van der Waals surface area contributed by atoms with E-state index in [9.17, 15) is 18.4 Å². The van der Waals surface area contributed by atoms with Crippen LogP contribution in [0.4, 0.5) is 8.78 Å². The lowest BCUT2D eigenvalue weighted by Gasteiger charge is -2.21. The Balaban J connectivity index is 1.50. The van der Waals surface area contributed by atoms with Gasteiger partial charge in [-0.05, 0) is 32.0 Å². The molecule has 0 aromatic heterocycles. The molecular formula is C22H21F2N5O4. The van der Waals surface area contributed by atoms with E-state index in [-0.39, 0.29) is 23.9 Å². The van der Waals surface area contributed by atoms with E-state index < -0.39 is 35.5 Å². The first-order valence-corrected chi connectivity index (χ1v) is 10.1. The van der Waals surface area contributed by atoms with Gasteiger partial charge in [-0.1, -0.05) is 5.16 Å². The number of carbonyl (C=O) groups is 2. The van der Waals surface area contributed by atoms with Crippen LogP contribution in [-0.4, -0.2) is 61.1 Å². The summed E-state index contributed by atoms with van der Waals surface area (Å²) < 4.78 is 33.1. The molecule has 1 aromatic carbocycles. The highest BCUT2D eigenvalue weighted by Crippen LogP contribution is 2.32. The molecule has 3 aliphatic heterocycles. The van der Waals surface area contributed by atoms with Crippen LogP contribution >= 0.6 is 0 Å². The van der Waals surface area contributed by atoms with E-state index in [0.29, 0.717) is 16.9 Å². The van der Waals surface area contributed by atoms with Gasteiger partial charge in [-0.25, -0.2) is 8.78 Å². The van der Waals surface area contributed by atoms with E-state index in [1.807, 2.05) is 0 Å². The van der Waals surface area contributed by atoms with Crippen molar-refractivity contribution in [2.24, 2.45) is 26.1 Å². The molecule has 3 unspecified atom stereocenters.